The smallest absolute Gasteiger partial charge is 0.233 e. The van der Waals surface area contributed by atoms with Gasteiger partial charge in [0.25, 0.3) is 0 Å². The van der Waals surface area contributed by atoms with Crippen molar-refractivity contribution in [2.75, 3.05) is 28.2 Å². The van der Waals surface area contributed by atoms with E-state index in [9.17, 15) is 43.6 Å². The molecule has 0 bridgehead atoms. The van der Waals surface area contributed by atoms with Crippen LogP contribution >= 0.6 is 0 Å². The molecule has 4 saturated heterocycles. The molecule has 12 saturated carbocycles. The van der Waals surface area contributed by atoms with Crippen molar-refractivity contribution in [1.82, 2.24) is 19.6 Å². The molecule has 2 aromatic carbocycles. The molecular weight excluding hydrogens is 1650 g/mol. The normalized spacial score (nSPS) is 32.3. The predicted octanol–water partition coefficient (Wildman–Crippen LogP) is 26.8. The van der Waals surface area contributed by atoms with Gasteiger partial charge in [0.15, 0.2) is 0 Å². The largest absolute Gasteiger partial charge is 0.285 e. The van der Waals surface area contributed by atoms with E-state index >= 15 is 0 Å². The maximum atomic E-state index is 11.7. The standard InChI is InChI=1S/C29H52O2.2C10H10N2O4.C10H20.C9H12.C8H10.5C4H8.2C2H6.5CH4.2Y/c1-19(2)8-7-9-20(3)25-12-13-26-24-11-10-23-18-22(21(4)31-30)14-16-28(23,5)27(24)15-17-29(25,26)6;2*1-11-7(13)3-4(8(11)14)6-5(3)9(15)12(2)10(6)16;1-5-10-8(3)6-7(2)9(10)4;1-7-4-8(2)6-9(3)5-7;1-7-3-5-8(2)6-4-7;5*1-2-4-3-1;2*1-2;;;;;;;/h19-27,30H,7-18H2,1-6H3;2*3-6H,1-2H3;7-10H,5-6H2,1-4H3;4-6H,1-3H3;3-6H,1-2H3;5*1-4H2;2*1-2H3;5*1H4;;. The van der Waals surface area contributed by atoms with Crippen LogP contribution in [0.4, 0.5) is 0 Å². The summed E-state index contributed by atoms with van der Waals surface area (Å²) in [5.74, 6) is 3.63. The SMILES string of the molecule is C.C.C.C.C.C1CCC1.C1CCC1.C1CCC1.C1CCC1.C1CCC1.CC.CC.CC(C)CCCC(C)C1CCC2C3CCC4CC(C(C)OO)CCC4(C)C3CCC12C.CCC1C(C)CC(C)C1C.CN1C(=O)C2C(C1=O)C1C(=O)N(C)C(=O)C21.CN1C(=O)C2C(C1=O)C1C(=O)N(C)C(=O)C21.Cc1cc(C)cc(C)c1.Cc1ccc(C)cc1.[Y].[Y]. The number of carbonyl (C=O) groups excluding carboxylic acids is 8. The van der Waals surface area contributed by atoms with Gasteiger partial charge < -0.3 is 0 Å². The molecule has 4 heterocycles. The van der Waals surface area contributed by atoms with Crippen LogP contribution in [0.1, 0.15) is 380 Å². The molecule has 8 amide bonds. The van der Waals surface area contributed by atoms with E-state index in [1.54, 1.807) is 0 Å². The third kappa shape index (κ3) is 30.1. The van der Waals surface area contributed by atoms with E-state index in [2.05, 4.69) is 146 Å². The molecule has 2 aromatic rings. The van der Waals surface area contributed by atoms with Gasteiger partial charge in [-0.15, -0.1) is 0 Å². The van der Waals surface area contributed by atoms with E-state index in [4.69, 9.17) is 4.89 Å². The average Bonchev–Trinajstić information content (AvgIpc) is 1.55. The van der Waals surface area contributed by atoms with E-state index in [1.807, 2.05) is 27.7 Å². The molecule has 692 valence electrons. The van der Waals surface area contributed by atoms with E-state index in [0.29, 0.717) is 16.7 Å². The Morgan fingerprint density at radius 3 is 0.959 bits per heavy atom. The molecule has 12 aliphatic carbocycles. The van der Waals surface area contributed by atoms with Crippen molar-refractivity contribution in [2.24, 2.45) is 129 Å². The molecule has 0 spiro atoms. The first-order chi connectivity index (χ1) is 54.3. The second-order valence-corrected chi connectivity index (χ2v) is 38.7. The van der Waals surface area contributed by atoms with Gasteiger partial charge in [0.2, 0.25) is 47.3 Å². The number of benzene rings is 2. The monoisotopic (exact) mass is 1840 g/mol. The number of carbonyl (C=O) groups is 8. The summed E-state index contributed by atoms with van der Waals surface area (Å²) in [7, 11) is 5.60. The van der Waals surface area contributed by atoms with Crippen LogP contribution in [0.3, 0.4) is 0 Å². The molecule has 14 atom stereocenters. The van der Waals surface area contributed by atoms with E-state index in [0.717, 1.165) is 84.7 Å². The second kappa shape index (κ2) is 57.9. The van der Waals surface area contributed by atoms with Gasteiger partial charge in [0, 0.05) is 93.6 Å². The van der Waals surface area contributed by atoms with Gasteiger partial charge in [-0.3, -0.25) is 63.2 Å². The summed E-state index contributed by atoms with van der Waals surface area (Å²) in [5, 5.41) is 9.22. The van der Waals surface area contributed by atoms with Gasteiger partial charge >= 0.3 is 0 Å². The van der Waals surface area contributed by atoms with E-state index < -0.39 is 47.3 Å². The molecule has 121 heavy (non-hydrogen) atoms. The number of rotatable bonds is 8. The number of aryl methyl sites for hydroxylation is 5. The van der Waals surface area contributed by atoms with Crippen molar-refractivity contribution >= 4 is 47.3 Å². The summed E-state index contributed by atoms with van der Waals surface area (Å²) in [4.78, 5) is 103. The maximum Gasteiger partial charge on any atom is 0.233 e. The van der Waals surface area contributed by atoms with Crippen molar-refractivity contribution in [3.05, 3.63) is 70.3 Å². The molecule has 16 aliphatic rings. The fourth-order valence-corrected chi connectivity index (χ4v) is 21.8. The first-order valence-electron chi connectivity index (χ1n) is 46.9. The van der Waals surface area contributed by atoms with Crippen molar-refractivity contribution < 1.29 is 114 Å². The second-order valence-electron chi connectivity index (χ2n) is 38.7. The average molecular weight is 1840 g/mol. The Hall–Kier alpha value is -2.87. The number of amides is 8. The first-order valence-corrected chi connectivity index (χ1v) is 46.9. The number of hydrogen-bond donors (Lipinski definition) is 1. The fourth-order valence-electron chi connectivity index (χ4n) is 21.8. The Morgan fingerprint density at radius 2 is 0.702 bits per heavy atom. The first kappa shape index (κ1) is 120. The van der Waals surface area contributed by atoms with Crippen LogP contribution in [-0.2, 0) is 109 Å². The number of nitrogens with zero attached hydrogens (tertiary/aromatic N) is 4. The summed E-state index contributed by atoms with van der Waals surface area (Å²) in [6.07, 6.45) is 49.9. The molecule has 14 nitrogen and oxygen atoms in total. The third-order valence-electron chi connectivity index (χ3n) is 30.9. The molecule has 4 aliphatic heterocycles. The Labute approximate surface area is 794 Å². The van der Waals surface area contributed by atoms with E-state index in [-0.39, 0.29) is 156 Å². The Balaban J connectivity index is 0. The molecular formula is C105H186N4O10Y2. The molecule has 16 heteroatoms. The predicted molar refractivity (Wildman–Crippen MR) is 500 cm³/mol. The number of imide groups is 4. The number of likely N-dealkylation sites (tertiary alicyclic amines) is 4. The van der Waals surface area contributed by atoms with Crippen LogP contribution in [0, 0.1) is 164 Å². The molecule has 2 radical (unpaired) electrons. The van der Waals surface area contributed by atoms with Gasteiger partial charge in [-0.05, 0) is 188 Å². The van der Waals surface area contributed by atoms with Crippen molar-refractivity contribution in [1.29, 1.82) is 0 Å². The summed E-state index contributed by atoms with van der Waals surface area (Å²) < 4.78 is 0. The van der Waals surface area contributed by atoms with Crippen molar-refractivity contribution in [2.45, 2.75) is 393 Å². The van der Waals surface area contributed by atoms with Crippen LogP contribution in [0.15, 0.2) is 42.5 Å². The minimum atomic E-state index is -0.594. The Morgan fingerprint density at radius 1 is 0.405 bits per heavy atom. The van der Waals surface area contributed by atoms with Gasteiger partial charge in [-0.25, -0.2) is 4.89 Å². The van der Waals surface area contributed by atoms with Crippen molar-refractivity contribution in [3.8, 4) is 0 Å². The minimum Gasteiger partial charge on any atom is -0.285 e. The number of hydrogen-bond acceptors (Lipinski definition) is 10. The zero-order valence-corrected chi connectivity index (χ0v) is 83.4. The van der Waals surface area contributed by atoms with Gasteiger partial charge in [-0.1, -0.05) is 352 Å². The molecule has 16 fully saturated rings. The maximum absolute atomic E-state index is 11.7. The molecule has 14 unspecified atom stereocenters. The van der Waals surface area contributed by atoms with Gasteiger partial charge in [-0.2, -0.15) is 0 Å². The van der Waals surface area contributed by atoms with Crippen LogP contribution < -0.4 is 0 Å². The molecule has 0 aromatic heterocycles. The Kier molecular flexibility index (Phi) is 57.5. The van der Waals surface area contributed by atoms with Crippen LogP contribution in [0.25, 0.3) is 0 Å². The number of fused-ring (bicyclic) bond motifs is 13. The van der Waals surface area contributed by atoms with Crippen molar-refractivity contribution in [3.63, 3.8) is 0 Å². The zero-order valence-electron chi connectivity index (χ0n) is 77.8. The quantitative estimate of drug-likeness (QED) is 0.152. The fraction of sp³-hybridized carbons (Fsp3) is 0.810. The summed E-state index contributed by atoms with van der Waals surface area (Å²) in [6, 6.07) is 15.0. The zero-order chi connectivity index (χ0) is 84.6. The van der Waals surface area contributed by atoms with Crippen LogP contribution in [0.2, 0.25) is 0 Å². The molecule has 1 N–H and O–H groups in total. The van der Waals surface area contributed by atoms with E-state index in [1.165, 1.54) is 274 Å². The topological polar surface area (TPSA) is 179 Å². The summed E-state index contributed by atoms with van der Waals surface area (Å²) >= 11 is 0. The Bertz CT molecular complexity index is 2940. The molecule has 18 rings (SSSR count). The minimum absolute atomic E-state index is 0. The van der Waals surface area contributed by atoms with Crippen LogP contribution in [0.5, 0.6) is 0 Å². The van der Waals surface area contributed by atoms with Crippen LogP contribution in [-0.4, -0.2) is 106 Å². The van der Waals surface area contributed by atoms with Gasteiger partial charge in [0.1, 0.15) is 0 Å². The summed E-state index contributed by atoms with van der Waals surface area (Å²) in [5.41, 5.74) is 7.87. The summed E-state index contributed by atoms with van der Waals surface area (Å²) in [6.45, 7) is 42.9. The third-order valence-corrected chi connectivity index (χ3v) is 30.9. The van der Waals surface area contributed by atoms with Gasteiger partial charge in [0.05, 0.1) is 53.4 Å².